The zero-order chi connectivity index (χ0) is 11.5. The summed E-state index contributed by atoms with van der Waals surface area (Å²) in [5, 5.41) is 8.76. The van der Waals surface area contributed by atoms with E-state index in [9.17, 15) is 9.59 Å². The number of rotatable bonds is 3. The van der Waals surface area contributed by atoms with Gasteiger partial charge in [-0.3, -0.25) is 9.59 Å². The quantitative estimate of drug-likeness (QED) is 0.794. The largest absolute Gasteiger partial charge is 0.481 e. The van der Waals surface area contributed by atoms with E-state index in [4.69, 9.17) is 5.11 Å². The van der Waals surface area contributed by atoms with Gasteiger partial charge in [-0.2, -0.15) is 0 Å². The van der Waals surface area contributed by atoms with Crippen LogP contribution in [0.3, 0.4) is 0 Å². The highest BCUT2D eigenvalue weighted by Crippen LogP contribution is 2.29. The van der Waals surface area contributed by atoms with Gasteiger partial charge in [-0.05, 0) is 25.7 Å². The van der Waals surface area contributed by atoms with Crippen molar-refractivity contribution in [2.24, 2.45) is 5.92 Å². The third-order valence-electron chi connectivity index (χ3n) is 3.77. The lowest BCUT2D eigenvalue weighted by Crippen LogP contribution is -2.46. The van der Waals surface area contributed by atoms with Crippen molar-refractivity contribution in [3.05, 3.63) is 0 Å². The number of aliphatic carboxylic acids is 1. The normalized spacial score (nSPS) is 27.4. The second-order valence-corrected chi connectivity index (χ2v) is 4.91. The molecule has 1 N–H and O–H groups in total. The van der Waals surface area contributed by atoms with E-state index in [2.05, 4.69) is 0 Å². The Hall–Kier alpha value is -1.06. The first-order chi connectivity index (χ1) is 7.68. The van der Waals surface area contributed by atoms with Gasteiger partial charge < -0.3 is 10.0 Å². The third kappa shape index (κ3) is 2.36. The molecule has 90 valence electrons. The highest BCUT2D eigenvalue weighted by Gasteiger charge is 2.35. The van der Waals surface area contributed by atoms with Crippen molar-refractivity contribution in [1.82, 2.24) is 4.90 Å². The first kappa shape index (κ1) is 11.4. The molecule has 0 spiro atoms. The number of nitrogens with zero attached hydrogens (tertiary/aromatic N) is 1. The van der Waals surface area contributed by atoms with Gasteiger partial charge in [0, 0.05) is 18.5 Å². The second kappa shape index (κ2) is 4.85. The Labute approximate surface area is 95.6 Å². The number of carbonyl (C=O) groups excluding carboxylic acids is 1. The minimum Gasteiger partial charge on any atom is -0.481 e. The van der Waals surface area contributed by atoms with Crippen molar-refractivity contribution in [1.29, 1.82) is 0 Å². The molecule has 0 radical (unpaired) electrons. The van der Waals surface area contributed by atoms with Crippen LogP contribution in [0.4, 0.5) is 0 Å². The zero-order valence-corrected chi connectivity index (χ0v) is 9.52. The molecule has 1 amide bonds. The Morgan fingerprint density at radius 2 is 1.94 bits per heavy atom. The standard InChI is InChI=1S/C12H19NO3/c14-11(15)8-9-4-3-7-13(12(9)16)10-5-1-2-6-10/h9-10H,1-8H2,(H,14,15). The summed E-state index contributed by atoms with van der Waals surface area (Å²) in [5.74, 6) is -1.04. The van der Waals surface area contributed by atoms with Crippen LogP contribution in [0.5, 0.6) is 0 Å². The number of piperidine rings is 1. The first-order valence-electron chi connectivity index (χ1n) is 6.21. The van der Waals surface area contributed by atoms with Crippen molar-refractivity contribution in [2.45, 2.75) is 51.0 Å². The van der Waals surface area contributed by atoms with Gasteiger partial charge in [0.25, 0.3) is 0 Å². The molecule has 2 aliphatic rings. The molecule has 1 heterocycles. The van der Waals surface area contributed by atoms with E-state index in [1.54, 1.807) is 0 Å². The van der Waals surface area contributed by atoms with E-state index in [1.165, 1.54) is 12.8 Å². The summed E-state index contributed by atoms with van der Waals surface area (Å²) in [6, 6.07) is 0.393. The maximum Gasteiger partial charge on any atom is 0.304 e. The van der Waals surface area contributed by atoms with E-state index in [-0.39, 0.29) is 18.2 Å². The fourth-order valence-corrected chi connectivity index (χ4v) is 2.95. The van der Waals surface area contributed by atoms with Gasteiger partial charge in [0.05, 0.1) is 6.42 Å². The van der Waals surface area contributed by atoms with Crippen LogP contribution in [-0.2, 0) is 9.59 Å². The predicted octanol–water partition coefficient (Wildman–Crippen LogP) is 1.64. The second-order valence-electron chi connectivity index (χ2n) is 4.91. The van der Waals surface area contributed by atoms with Crippen LogP contribution in [-0.4, -0.2) is 34.5 Å². The van der Waals surface area contributed by atoms with Crippen molar-refractivity contribution >= 4 is 11.9 Å². The molecule has 0 aromatic carbocycles. The van der Waals surface area contributed by atoms with E-state index in [0.717, 1.165) is 32.2 Å². The van der Waals surface area contributed by atoms with Gasteiger partial charge in [-0.1, -0.05) is 12.8 Å². The van der Waals surface area contributed by atoms with Gasteiger partial charge >= 0.3 is 5.97 Å². The summed E-state index contributed by atoms with van der Waals surface area (Å²) in [6.07, 6.45) is 6.32. The van der Waals surface area contributed by atoms with E-state index in [0.29, 0.717) is 6.04 Å². The Morgan fingerprint density at radius 1 is 1.25 bits per heavy atom. The number of hydrogen-bond acceptors (Lipinski definition) is 2. The fourth-order valence-electron chi connectivity index (χ4n) is 2.95. The van der Waals surface area contributed by atoms with Gasteiger partial charge in [-0.25, -0.2) is 0 Å². The maximum atomic E-state index is 12.1. The Bertz CT molecular complexity index is 284. The number of carbonyl (C=O) groups is 2. The molecule has 0 aromatic heterocycles. The van der Waals surface area contributed by atoms with E-state index >= 15 is 0 Å². The van der Waals surface area contributed by atoms with Crippen LogP contribution in [0.25, 0.3) is 0 Å². The van der Waals surface area contributed by atoms with Crippen LogP contribution in [0.1, 0.15) is 44.9 Å². The maximum absolute atomic E-state index is 12.1. The topological polar surface area (TPSA) is 57.6 Å². The molecule has 1 saturated heterocycles. The highest BCUT2D eigenvalue weighted by molar-refractivity contribution is 5.84. The Kier molecular flexibility index (Phi) is 3.46. The molecular formula is C12H19NO3. The average molecular weight is 225 g/mol. The summed E-state index contributed by atoms with van der Waals surface area (Å²) in [4.78, 5) is 24.7. The summed E-state index contributed by atoms with van der Waals surface area (Å²) in [5.41, 5.74) is 0. The van der Waals surface area contributed by atoms with Gasteiger partial charge in [0.1, 0.15) is 0 Å². The number of hydrogen-bond donors (Lipinski definition) is 1. The average Bonchev–Trinajstić information content (AvgIpc) is 2.73. The van der Waals surface area contributed by atoms with Crippen molar-refractivity contribution in [3.63, 3.8) is 0 Å². The Morgan fingerprint density at radius 3 is 2.56 bits per heavy atom. The molecule has 1 aliphatic carbocycles. The lowest BCUT2D eigenvalue weighted by molar-refractivity contribution is -0.148. The SMILES string of the molecule is O=C(O)CC1CCCN(C2CCCC2)C1=O. The summed E-state index contributed by atoms with van der Waals surface area (Å²) in [6.45, 7) is 0.833. The van der Waals surface area contributed by atoms with Gasteiger partial charge in [0.15, 0.2) is 0 Å². The molecule has 2 rings (SSSR count). The Balaban J connectivity index is 1.98. The van der Waals surface area contributed by atoms with Crippen LogP contribution >= 0.6 is 0 Å². The van der Waals surface area contributed by atoms with E-state index in [1.807, 2.05) is 4.90 Å². The molecule has 4 nitrogen and oxygen atoms in total. The number of amides is 1. The molecule has 0 bridgehead atoms. The molecule has 2 fully saturated rings. The van der Waals surface area contributed by atoms with Crippen LogP contribution in [0, 0.1) is 5.92 Å². The molecule has 1 atom stereocenters. The van der Waals surface area contributed by atoms with Gasteiger partial charge in [0.2, 0.25) is 5.91 Å². The minimum absolute atomic E-state index is 0.00204. The monoisotopic (exact) mass is 225 g/mol. The van der Waals surface area contributed by atoms with Crippen LogP contribution in [0.2, 0.25) is 0 Å². The predicted molar refractivity (Wildman–Crippen MR) is 58.9 cm³/mol. The van der Waals surface area contributed by atoms with Gasteiger partial charge in [-0.15, -0.1) is 0 Å². The van der Waals surface area contributed by atoms with E-state index < -0.39 is 5.97 Å². The van der Waals surface area contributed by atoms with Crippen molar-refractivity contribution < 1.29 is 14.7 Å². The molecule has 0 aromatic rings. The lowest BCUT2D eigenvalue weighted by Gasteiger charge is -2.36. The molecule has 4 heteroatoms. The minimum atomic E-state index is -0.855. The number of carboxylic acids is 1. The molecule has 1 saturated carbocycles. The lowest BCUT2D eigenvalue weighted by atomic mass is 9.92. The summed E-state index contributed by atoms with van der Waals surface area (Å²) in [7, 11) is 0. The molecular weight excluding hydrogens is 206 g/mol. The smallest absolute Gasteiger partial charge is 0.304 e. The number of likely N-dealkylation sites (tertiary alicyclic amines) is 1. The molecule has 1 unspecified atom stereocenters. The van der Waals surface area contributed by atoms with Crippen molar-refractivity contribution in [3.8, 4) is 0 Å². The zero-order valence-electron chi connectivity index (χ0n) is 9.52. The summed E-state index contributed by atoms with van der Waals surface area (Å²) >= 11 is 0. The van der Waals surface area contributed by atoms with Crippen LogP contribution < -0.4 is 0 Å². The first-order valence-corrected chi connectivity index (χ1v) is 6.21. The highest BCUT2D eigenvalue weighted by atomic mass is 16.4. The number of carboxylic acid groups (broad SMARTS) is 1. The summed E-state index contributed by atoms with van der Waals surface area (Å²) < 4.78 is 0. The van der Waals surface area contributed by atoms with Crippen LogP contribution in [0.15, 0.2) is 0 Å². The van der Waals surface area contributed by atoms with Crippen molar-refractivity contribution in [2.75, 3.05) is 6.54 Å². The molecule has 1 aliphatic heterocycles. The fraction of sp³-hybridized carbons (Fsp3) is 0.833. The third-order valence-corrected chi connectivity index (χ3v) is 3.77. The molecule has 16 heavy (non-hydrogen) atoms.